The molecule has 0 spiro atoms. The van der Waals surface area contributed by atoms with E-state index < -0.39 is 5.97 Å². The summed E-state index contributed by atoms with van der Waals surface area (Å²) >= 11 is 0. The van der Waals surface area contributed by atoms with Gasteiger partial charge in [-0.1, -0.05) is 5.21 Å². The average molecular weight is 305 g/mol. The summed E-state index contributed by atoms with van der Waals surface area (Å²) in [6.45, 7) is 6.97. The van der Waals surface area contributed by atoms with Crippen molar-refractivity contribution in [3.05, 3.63) is 18.0 Å². The van der Waals surface area contributed by atoms with Crippen LogP contribution >= 0.6 is 0 Å². The average Bonchev–Trinajstić information content (AvgIpc) is 2.91. The lowest BCUT2D eigenvalue weighted by molar-refractivity contribution is -0.143. The molecule has 0 aliphatic heterocycles. The Morgan fingerprint density at radius 2 is 2.00 bits per heavy atom. The van der Waals surface area contributed by atoms with Gasteiger partial charge in [0.1, 0.15) is 12.1 Å². The molecule has 0 fully saturated rings. The summed E-state index contributed by atoms with van der Waals surface area (Å²) in [5, 5.41) is 7.93. The number of esters is 1. The lowest BCUT2D eigenvalue weighted by atomic mass is 10.2. The largest absolute Gasteiger partial charge is 0.465 e. The van der Waals surface area contributed by atoms with Crippen LogP contribution in [0.4, 0.5) is 0 Å². The molecule has 0 unspecified atom stereocenters. The zero-order chi connectivity index (χ0) is 16.1. The van der Waals surface area contributed by atoms with E-state index >= 15 is 0 Å². The summed E-state index contributed by atoms with van der Waals surface area (Å²) in [4.78, 5) is 29.8. The Labute approximate surface area is 128 Å². The highest BCUT2D eigenvalue weighted by Gasteiger charge is 2.20. The Hall–Kier alpha value is -2.51. The van der Waals surface area contributed by atoms with E-state index in [9.17, 15) is 9.59 Å². The van der Waals surface area contributed by atoms with Gasteiger partial charge >= 0.3 is 5.97 Å². The molecule has 0 aliphatic rings. The highest BCUT2D eigenvalue weighted by atomic mass is 16.5. The molecule has 1 amide bonds. The van der Waals surface area contributed by atoms with Crippen molar-refractivity contribution in [3.63, 3.8) is 0 Å². The summed E-state index contributed by atoms with van der Waals surface area (Å²) in [6.07, 6.45) is 1.52. The van der Waals surface area contributed by atoms with E-state index in [-0.39, 0.29) is 18.1 Å². The quantitative estimate of drug-likeness (QED) is 0.736. The molecule has 0 saturated heterocycles. The van der Waals surface area contributed by atoms with E-state index in [1.54, 1.807) is 17.9 Å². The summed E-state index contributed by atoms with van der Waals surface area (Å²) in [6, 6.07) is 1.67. The zero-order valence-corrected chi connectivity index (χ0v) is 12.9. The molecular formula is C14H19N5O3. The van der Waals surface area contributed by atoms with Crippen LogP contribution in [0.3, 0.4) is 0 Å². The SMILES string of the molecule is CCOC(=O)Cn1nnc2c(C(=O)N(CC)CC)nccc21. The van der Waals surface area contributed by atoms with Crippen molar-refractivity contribution in [2.75, 3.05) is 19.7 Å². The first-order valence-corrected chi connectivity index (χ1v) is 7.25. The minimum absolute atomic E-state index is 0.0484. The van der Waals surface area contributed by atoms with Crippen LogP contribution in [-0.4, -0.2) is 56.5 Å². The van der Waals surface area contributed by atoms with Gasteiger partial charge in [-0.25, -0.2) is 9.67 Å². The van der Waals surface area contributed by atoms with Crippen LogP contribution in [0.25, 0.3) is 11.0 Å². The zero-order valence-electron chi connectivity index (χ0n) is 12.9. The first kappa shape index (κ1) is 15.9. The van der Waals surface area contributed by atoms with Gasteiger partial charge in [-0.15, -0.1) is 5.10 Å². The number of hydrogen-bond acceptors (Lipinski definition) is 6. The van der Waals surface area contributed by atoms with E-state index in [0.717, 1.165) is 0 Å². The number of pyridine rings is 1. The molecule has 2 aromatic heterocycles. The third-order valence-corrected chi connectivity index (χ3v) is 3.27. The van der Waals surface area contributed by atoms with Gasteiger partial charge in [0.25, 0.3) is 5.91 Å². The lowest BCUT2D eigenvalue weighted by Crippen LogP contribution is -2.31. The molecule has 0 radical (unpaired) electrons. The van der Waals surface area contributed by atoms with Crippen molar-refractivity contribution in [1.29, 1.82) is 0 Å². The first-order valence-electron chi connectivity index (χ1n) is 7.25. The summed E-state index contributed by atoms with van der Waals surface area (Å²) in [5.41, 5.74) is 1.22. The fourth-order valence-corrected chi connectivity index (χ4v) is 2.16. The number of rotatable bonds is 6. The highest BCUT2D eigenvalue weighted by Crippen LogP contribution is 2.15. The van der Waals surface area contributed by atoms with Crippen molar-refractivity contribution in [2.24, 2.45) is 0 Å². The van der Waals surface area contributed by atoms with Crippen molar-refractivity contribution in [2.45, 2.75) is 27.3 Å². The third-order valence-electron chi connectivity index (χ3n) is 3.27. The predicted octanol–water partition coefficient (Wildman–Crippen LogP) is 0.871. The number of nitrogens with zero attached hydrogens (tertiary/aromatic N) is 5. The van der Waals surface area contributed by atoms with Gasteiger partial charge < -0.3 is 9.64 Å². The van der Waals surface area contributed by atoms with Gasteiger partial charge in [0, 0.05) is 19.3 Å². The monoisotopic (exact) mass is 305 g/mol. The molecule has 0 bridgehead atoms. The Balaban J connectivity index is 2.37. The fourth-order valence-electron chi connectivity index (χ4n) is 2.16. The molecule has 2 aromatic rings. The number of aromatic nitrogens is 4. The molecule has 2 heterocycles. The number of hydrogen-bond donors (Lipinski definition) is 0. The van der Waals surface area contributed by atoms with E-state index in [2.05, 4.69) is 15.3 Å². The van der Waals surface area contributed by atoms with Crippen molar-refractivity contribution in [3.8, 4) is 0 Å². The number of carbonyl (C=O) groups excluding carboxylic acids is 2. The first-order chi connectivity index (χ1) is 10.6. The topological polar surface area (TPSA) is 90.2 Å². The smallest absolute Gasteiger partial charge is 0.327 e. The van der Waals surface area contributed by atoms with Gasteiger partial charge in [0.2, 0.25) is 0 Å². The standard InChI is InChI=1S/C14H19N5O3/c1-4-18(5-2)14(21)13-12-10(7-8-15-13)19(17-16-12)9-11(20)22-6-3/h7-8H,4-6,9H2,1-3H3. The molecule has 118 valence electrons. The van der Waals surface area contributed by atoms with Gasteiger partial charge in [-0.05, 0) is 26.8 Å². The van der Waals surface area contributed by atoms with Gasteiger partial charge in [0.15, 0.2) is 5.69 Å². The van der Waals surface area contributed by atoms with E-state index in [1.807, 2.05) is 13.8 Å². The second kappa shape index (κ2) is 6.97. The molecule has 0 atom stereocenters. The van der Waals surface area contributed by atoms with E-state index in [0.29, 0.717) is 30.7 Å². The maximum Gasteiger partial charge on any atom is 0.327 e. The summed E-state index contributed by atoms with van der Waals surface area (Å²) in [5.74, 6) is -0.596. The van der Waals surface area contributed by atoms with E-state index in [1.165, 1.54) is 10.9 Å². The maximum absolute atomic E-state index is 12.4. The second-order valence-electron chi connectivity index (χ2n) is 4.56. The molecule has 0 aromatic carbocycles. The summed E-state index contributed by atoms with van der Waals surface area (Å²) in [7, 11) is 0. The van der Waals surface area contributed by atoms with Crippen molar-refractivity contribution in [1.82, 2.24) is 24.9 Å². The number of fused-ring (bicyclic) bond motifs is 1. The Bertz CT molecular complexity index is 678. The van der Waals surface area contributed by atoms with Crippen LogP contribution in [0.1, 0.15) is 31.3 Å². The number of ether oxygens (including phenoxy) is 1. The Kier molecular flexibility index (Phi) is 5.03. The van der Waals surface area contributed by atoms with Gasteiger partial charge in [-0.2, -0.15) is 0 Å². The fraction of sp³-hybridized carbons (Fsp3) is 0.500. The highest BCUT2D eigenvalue weighted by molar-refractivity contribution is 6.02. The molecule has 8 heteroatoms. The van der Waals surface area contributed by atoms with Crippen LogP contribution in [0.15, 0.2) is 12.3 Å². The number of carbonyl (C=O) groups is 2. The van der Waals surface area contributed by atoms with E-state index in [4.69, 9.17) is 4.74 Å². The van der Waals surface area contributed by atoms with Crippen molar-refractivity contribution < 1.29 is 14.3 Å². The van der Waals surface area contributed by atoms with Crippen LogP contribution in [0.2, 0.25) is 0 Å². The molecule has 2 rings (SSSR count). The molecule has 0 N–H and O–H groups in total. The molecule has 0 saturated carbocycles. The molecule has 8 nitrogen and oxygen atoms in total. The normalized spacial score (nSPS) is 10.7. The predicted molar refractivity (Wildman–Crippen MR) is 79.2 cm³/mol. The van der Waals surface area contributed by atoms with Crippen LogP contribution < -0.4 is 0 Å². The molecular weight excluding hydrogens is 286 g/mol. The maximum atomic E-state index is 12.4. The third kappa shape index (κ3) is 3.05. The Morgan fingerprint density at radius 1 is 1.27 bits per heavy atom. The van der Waals surface area contributed by atoms with Crippen molar-refractivity contribution >= 4 is 22.9 Å². The number of amides is 1. The van der Waals surface area contributed by atoms with Gasteiger partial charge in [0.05, 0.1) is 12.1 Å². The van der Waals surface area contributed by atoms with Gasteiger partial charge in [-0.3, -0.25) is 9.59 Å². The molecule has 22 heavy (non-hydrogen) atoms. The minimum Gasteiger partial charge on any atom is -0.465 e. The van der Waals surface area contributed by atoms with Crippen LogP contribution in [-0.2, 0) is 16.1 Å². The molecule has 0 aliphatic carbocycles. The van der Waals surface area contributed by atoms with Crippen LogP contribution in [0, 0.1) is 0 Å². The van der Waals surface area contributed by atoms with Crippen LogP contribution in [0.5, 0.6) is 0 Å². The summed E-state index contributed by atoms with van der Waals surface area (Å²) < 4.78 is 6.31. The minimum atomic E-state index is -0.400. The Morgan fingerprint density at radius 3 is 2.64 bits per heavy atom. The lowest BCUT2D eigenvalue weighted by Gasteiger charge is -2.17. The second-order valence-corrected chi connectivity index (χ2v) is 4.56.